The number of aromatic amines is 2. The third kappa shape index (κ3) is 2.61. The molecule has 0 radical (unpaired) electrons. The van der Waals surface area contributed by atoms with Crippen molar-refractivity contribution in [3.8, 4) is 0 Å². The van der Waals surface area contributed by atoms with Crippen LogP contribution in [0.15, 0.2) is 44.1 Å². The summed E-state index contributed by atoms with van der Waals surface area (Å²) in [6.45, 7) is 0. The molecule has 0 unspecified atom stereocenters. The molecule has 0 aliphatic heterocycles. The van der Waals surface area contributed by atoms with Crippen LogP contribution < -0.4 is 17.0 Å². The van der Waals surface area contributed by atoms with Gasteiger partial charge in [0.25, 0.3) is 5.56 Å². The largest absolute Gasteiger partial charge is 0.478 e. The summed E-state index contributed by atoms with van der Waals surface area (Å²) >= 11 is 0. The molecule has 1 aromatic carbocycles. The van der Waals surface area contributed by atoms with Crippen LogP contribution in [-0.2, 0) is 0 Å². The Bertz CT molecular complexity index is 805. The molecular formula is C11H9N5O4. The normalized spacial score (nSPS) is 10.8. The van der Waals surface area contributed by atoms with Crippen LogP contribution in [0, 0.1) is 0 Å². The number of hydrogen-bond acceptors (Lipinski definition) is 6. The average Bonchev–Trinajstić information content (AvgIpc) is 2.37. The second-order valence-electron chi connectivity index (χ2n) is 3.69. The van der Waals surface area contributed by atoms with Gasteiger partial charge < -0.3 is 10.8 Å². The Hall–Kier alpha value is -3.23. The summed E-state index contributed by atoms with van der Waals surface area (Å²) in [5, 5.41) is 16.2. The minimum absolute atomic E-state index is 0.0602. The molecule has 0 aliphatic carbocycles. The Morgan fingerprint density at radius 3 is 2.50 bits per heavy atom. The minimum atomic E-state index is -1.18. The van der Waals surface area contributed by atoms with Crippen molar-refractivity contribution in [2.24, 2.45) is 10.2 Å². The number of anilines is 1. The van der Waals surface area contributed by atoms with Gasteiger partial charge in [0.1, 0.15) is 11.5 Å². The van der Waals surface area contributed by atoms with E-state index in [1.54, 1.807) is 6.07 Å². The number of nitrogens with one attached hydrogen (secondary N) is 2. The second-order valence-corrected chi connectivity index (χ2v) is 3.69. The van der Waals surface area contributed by atoms with E-state index in [9.17, 15) is 14.4 Å². The van der Waals surface area contributed by atoms with Crippen LogP contribution in [0.3, 0.4) is 0 Å². The fourth-order valence-electron chi connectivity index (χ4n) is 1.44. The molecule has 0 spiro atoms. The van der Waals surface area contributed by atoms with E-state index in [1.165, 1.54) is 18.2 Å². The van der Waals surface area contributed by atoms with Crippen LogP contribution in [0.4, 0.5) is 17.2 Å². The SMILES string of the molecule is Nc1[nH]c(=O)[nH]c(=O)c1N=Nc1ccccc1C(=O)O. The standard InChI is InChI=1S/C11H9N5O4/c12-8-7(9(17)14-11(20)13-8)16-15-6-4-2-1-3-5(6)10(18)19/h1-4H,(H,18,19)(H4,12,13,14,17,20). The highest BCUT2D eigenvalue weighted by atomic mass is 16.4. The summed E-state index contributed by atoms with van der Waals surface area (Å²) in [5.74, 6) is -1.43. The topological polar surface area (TPSA) is 154 Å². The molecular weight excluding hydrogens is 266 g/mol. The molecule has 0 amide bonds. The molecule has 1 heterocycles. The number of azo groups is 1. The van der Waals surface area contributed by atoms with E-state index in [1.807, 2.05) is 4.98 Å². The first-order valence-electron chi connectivity index (χ1n) is 5.35. The van der Waals surface area contributed by atoms with Crippen molar-refractivity contribution in [1.29, 1.82) is 0 Å². The number of H-pyrrole nitrogens is 2. The molecule has 102 valence electrons. The lowest BCUT2D eigenvalue weighted by molar-refractivity contribution is 0.0698. The van der Waals surface area contributed by atoms with E-state index in [4.69, 9.17) is 10.8 Å². The van der Waals surface area contributed by atoms with Crippen molar-refractivity contribution in [3.05, 3.63) is 50.7 Å². The molecule has 9 heteroatoms. The number of benzene rings is 1. The molecule has 9 nitrogen and oxygen atoms in total. The van der Waals surface area contributed by atoms with Crippen molar-refractivity contribution >= 4 is 23.2 Å². The molecule has 0 saturated carbocycles. The highest BCUT2D eigenvalue weighted by Gasteiger charge is 2.09. The van der Waals surface area contributed by atoms with Crippen molar-refractivity contribution in [2.75, 3.05) is 5.73 Å². The Labute approximate surface area is 110 Å². The monoisotopic (exact) mass is 275 g/mol. The van der Waals surface area contributed by atoms with E-state index in [-0.39, 0.29) is 22.8 Å². The summed E-state index contributed by atoms with van der Waals surface area (Å²) < 4.78 is 0. The van der Waals surface area contributed by atoms with Gasteiger partial charge in [-0.3, -0.25) is 14.8 Å². The Morgan fingerprint density at radius 2 is 1.85 bits per heavy atom. The van der Waals surface area contributed by atoms with E-state index < -0.39 is 17.2 Å². The third-order valence-electron chi connectivity index (χ3n) is 2.34. The number of carboxylic acid groups (broad SMARTS) is 1. The number of nitrogens with zero attached hydrogens (tertiary/aromatic N) is 2. The van der Waals surface area contributed by atoms with Crippen molar-refractivity contribution in [1.82, 2.24) is 9.97 Å². The van der Waals surface area contributed by atoms with Gasteiger partial charge in [-0.2, -0.15) is 0 Å². The van der Waals surface area contributed by atoms with Gasteiger partial charge >= 0.3 is 11.7 Å². The summed E-state index contributed by atoms with van der Waals surface area (Å²) in [6.07, 6.45) is 0. The predicted octanol–water partition coefficient (Wildman–Crippen LogP) is 0.759. The van der Waals surface area contributed by atoms with Crippen LogP contribution in [0.1, 0.15) is 10.4 Å². The molecule has 2 aromatic rings. The van der Waals surface area contributed by atoms with E-state index >= 15 is 0 Å². The van der Waals surface area contributed by atoms with E-state index in [0.29, 0.717) is 0 Å². The van der Waals surface area contributed by atoms with Gasteiger partial charge in [-0.1, -0.05) is 12.1 Å². The minimum Gasteiger partial charge on any atom is -0.478 e. The molecule has 0 saturated heterocycles. The predicted molar refractivity (Wildman–Crippen MR) is 69.7 cm³/mol. The fraction of sp³-hybridized carbons (Fsp3) is 0. The first-order valence-corrected chi connectivity index (χ1v) is 5.35. The van der Waals surface area contributed by atoms with Gasteiger partial charge in [-0.25, -0.2) is 9.59 Å². The number of hydrogen-bond donors (Lipinski definition) is 4. The molecule has 0 fully saturated rings. The molecule has 20 heavy (non-hydrogen) atoms. The van der Waals surface area contributed by atoms with Crippen molar-refractivity contribution < 1.29 is 9.90 Å². The zero-order chi connectivity index (χ0) is 14.7. The van der Waals surface area contributed by atoms with Crippen molar-refractivity contribution in [3.63, 3.8) is 0 Å². The molecule has 2 rings (SSSR count). The number of carbonyl (C=O) groups is 1. The first-order chi connectivity index (χ1) is 9.49. The first kappa shape index (κ1) is 13.2. The van der Waals surface area contributed by atoms with E-state index in [2.05, 4.69) is 15.2 Å². The highest BCUT2D eigenvalue weighted by molar-refractivity contribution is 5.93. The summed E-state index contributed by atoms with van der Waals surface area (Å²) in [7, 11) is 0. The van der Waals surface area contributed by atoms with Crippen LogP contribution in [0.25, 0.3) is 0 Å². The summed E-state index contributed by atoms with van der Waals surface area (Å²) in [5.41, 5.74) is 3.54. The lowest BCUT2D eigenvalue weighted by Crippen LogP contribution is -2.23. The van der Waals surface area contributed by atoms with E-state index in [0.717, 1.165) is 0 Å². The number of rotatable bonds is 3. The van der Waals surface area contributed by atoms with Gasteiger partial charge in [-0.15, -0.1) is 10.2 Å². The zero-order valence-electron chi connectivity index (χ0n) is 9.95. The Kier molecular flexibility index (Phi) is 3.42. The number of nitrogens with two attached hydrogens (primary N) is 1. The number of nitrogen functional groups attached to an aromatic ring is 1. The Balaban J connectivity index is 2.48. The van der Waals surface area contributed by atoms with Crippen LogP contribution in [0.5, 0.6) is 0 Å². The quantitative estimate of drug-likeness (QED) is 0.609. The maximum Gasteiger partial charge on any atom is 0.337 e. The van der Waals surface area contributed by atoms with Crippen LogP contribution in [-0.4, -0.2) is 21.0 Å². The van der Waals surface area contributed by atoms with Gasteiger partial charge in [0.15, 0.2) is 5.69 Å². The second kappa shape index (κ2) is 5.18. The lowest BCUT2D eigenvalue weighted by atomic mass is 10.2. The third-order valence-corrected chi connectivity index (χ3v) is 2.34. The molecule has 0 bridgehead atoms. The number of aromatic carboxylic acids is 1. The maximum atomic E-state index is 11.5. The van der Waals surface area contributed by atoms with Gasteiger partial charge in [-0.05, 0) is 12.1 Å². The highest BCUT2D eigenvalue weighted by Crippen LogP contribution is 2.22. The summed E-state index contributed by atoms with van der Waals surface area (Å²) in [4.78, 5) is 37.5. The number of aromatic nitrogens is 2. The molecule has 5 N–H and O–H groups in total. The molecule has 0 atom stereocenters. The average molecular weight is 275 g/mol. The molecule has 1 aromatic heterocycles. The van der Waals surface area contributed by atoms with Crippen molar-refractivity contribution in [2.45, 2.75) is 0 Å². The Morgan fingerprint density at radius 1 is 1.15 bits per heavy atom. The zero-order valence-corrected chi connectivity index (χ0v) is 9.95. The van der Waals surface area contributed by atoms with Crippen LogP contribution >= 0.6 is 0 Å². The number of carboxylic acids is 1. The maximum absolute atomic E-state index is 11.5. The van der Waals surface area contributed by atoms with Crippen LogP contribution in [0.2, 0.25) is 0 Å². The van der Waals surface area contributed by atoms with Gasteiger partial charge in [0.05, 0.1) is 5.56 Å². The van der Waals surface area contributed by atoms with Gasteiger partial charge in [0, 0.05) is 0 Å². The summed E-state index contributed by atoms with van der Waals surface area (Å²) in [6, 6.07) is 5.87. The van der Waals surface area contributed by atoms with Gasteiger partial charge in [0.2, 0.25) is 0 Å². The smallest absolute Gasteiger partial charge is 0.337 e. The fourth-order valence-corrected chi connectivity index (χ4v) is 1.44. The lowest BCUT2D eigenvalue weighted by Gasteiger charge is -1.99. The molecule has 0 aliphatic rings.